The Bertz CT molecular complexity index is 1250. The number of benzene rings is 2. The first kappa shape index (κ1) is 19.9. The molecule has 4 aromatic rings. The summed E-state index contributed by atoms with van der Waals surface area (Å²) in [6.45, 7) is 0.393. The summed E-state index contributed by atoms with van der Waals surface area (Å²) in [6, 6.07) is 15.9. The van der Waals surface area contributed by atoms with Gasteiger partial charge in [0.25, 0.3) is 5.91 Å². The smallest absolute Gasteiger partial charge is 0.449 e. The van der Waals surface area contributed by atoms with Crippen LogP contribution < -0.4 is 15.4 Å². The van der Waals surface area contributed by atoms with Crippen LogP contribution in [0.25, 0.3) is 10.9 Å². The average molecular weight is 417 g/mol. The van der Waals surface area contributed by atoms with Crippen LogP contribution in [0, 0.1) is 0 Å². The standard InChI is InChI=1S/C22H19N5O4/c1-27-13-15-7-8-16(10-19(15)26-27)25-21(28)17-4-2-3-5-18(17)23-11-14-6-9-20(24-12-14)31-22(29)30/h2-10,12-13,23H,11H2,1H3,(H,25,28)(H,29,30). The number of aryl methyl sites for hydroxylation is 1. The van der Waals surface area contributed by atoms with Gasteiger partial charge in [-0.05, 0) is 35.9 Å². The minimum atomic E-state index is -1.42. The molecule has 156 valence electrons. The van der Waals surface area contributed by atoms with E-state index in [0.29, 0.717) is 23.5 Å². The maximum Gasteiger partial charge on any atom is 0.512 e. The maximum absolute atomic E-state index is 12.9. The van der Waals surface area contributed by atoms with Gasteiger partial charge in [0.15, 0.2) is 0 Å². The van der Waals surface area contributed by atoms with E-state index in [1.807, 2.05) is 43.6 Å². The molecule has 0 saturated carbocycles. The van der Waals surface area contributed by atoms with Gasteiger partial charge in [-0.1, -0.05) is 18.2 Å². The van der Waals surface area contributed by atoms with Crippen LogP contribution in [0.1, 0.15) is 15.9 Å². The number of nitrogens with zero attached hydrogens (tertiary/aromatic N) is 3. The molecule has 0 aliphatic carbocycles. The second-order valence-corrected chi connectivity index (χ2v) is 6.80. The van der Waals surface area contributed by atoms with Crippen molar-refractivity contribution in [1.82, 2.24) is 14.8 Å². The van der Waals surface area contributed by atoms with Crippen LogP contribution in [0.5, 0.6) is 5.88 Å². The lowest BCUT2D eigenvalue weighted by atomic mass is 10.1. The van der Waals surface area contributed by atoms with Crippen molar-refractivity contribution < 1.29 is 19.4 Å². The van der Waals surface area contributed by atoms with E-state index >= 15 is 0 Å². The van der Waals surface area contributed by atoms with E-state index in [9.17, 15) is 9.59 Å². The molecule has 0 aliphatic heterocycles. The van der Waals surface area contributed by atoms with Gasteiger partial charge < -0.3 is 20.5 Å². The van der Waals surface area contributed by atoms with E-state index in [-0.39, 0.29) is 11.8 Å². The Kier molecular flexibility index (Phi) is 5.48. The number of carboxylic acid groups (broad SMARTS) is 1. The van der Waals surface area contributed by atoms with Crippen LogP contribution in [0.3, 0.4) is 0 Å². The zero-order chi connectivity index (χ0) is 21.8. The zero-order valence-electron chi connectivity index (χ0n) is 16.6. The highest BCUT2D eigenvalue weighted by molar-refractivity contribution is 6.08. The van der Waals surface area contributed by atoms with E-state index in [0.717, 1.165) is 16.5 Å². The molecule has 0 spiro atoms. The number of para-hydroxylation sites is 1. The summed E-state index contributed by atoms with van der Waals surface area (Å²) in [6.07, 6.45) is 2.01. The second kappa shape index (κ2) is 8.54. The van der Waals surface area contributed by atoms with E-state index in [1.165, 1.54) is 12.3 Å². The first-order chi connectivity index (χ1) is 15.0. The van der Waals surface area contributed by atoms with E-state index in [1.54, 1.807) is 22.9 Å². The van der Waals surface area contributed by atoms with Gasteiger partial charge in [-0.15, -0.1) is 0 Å². The number of ether oxygens (including phenoxy) is 1. The predicted octanol–water partition coefficient (Wildman–Crippen LogP) is 3.89. The van der Waals surface area contributed by atoms with Crippen LogP contribution in [-0.4, -0.2) is 31.9 Å². The number of carbonyl (C=O) groups is 2. The lowest BCUT2D eigenvalue weighted by Gasteiger charge is -2.12. The number of aromatic nitrogens is 3. The number of amides is 1. The van der Waals surface area contributed by atoms with Crippen molar-refractivity contribution >= 4 is 34.3 Å². The first-order valence-electron chi connectivity index (χ1n) is 9.41. The van der Waals surface area contributed by atoms with Crippen LogP contribution in [0.15, 0.2) is 67.0 Å². The third-order valence-corrected chi connectivity index (χ3v) is 4.52. The maximum atomic E-state index is 12.9. The fourth-order valence-electron chi connectivity index (χ4n) is 3.11. The van der Waals surface area contributed by atoms with Crippen LogP contribution in [0.4, 0.5) is 16.2 Å². The Morgan fingerprint density at radius 1 is 1.13 bits per heavy atom. The van der Waals surface area contributed by atoms with Gasteiger partial charge in [-0.25, -0.2) is 9.78 Å². The number of anilines is 2. The number of rotatable bonds is 6. The summed E-state index contributed by atoms with van der Waals surface area (Å²) >= 11 is 0. The summed E-state index contributed by atoms with van der Waals surface area (Å²) in [5, 5.41) is 20.1. The van der Waals surface area contributed by atoms with Gasteiger partial charge in [-0.3, -0.25) is 9.48 Å². The van der Waals surface area contributed by atoms with Gasteiger partial charge in [0.1, 0.15) is 0 Å². The molecule has 0 saturated heterocycles. The molecule has 0 bridgehead atoms. The quantitative estimate of drug-likeness (QED) is 0.407. The molecule has 0 radical (unpaired) electrons. The Morgan fingerprint density at radius 2 is 1.97 bits per heavy atom. The van der Waals surface area contributed by atoms with Crippen LogP contribution in [0.2, 0.25) is 0 Å². The molecule has 2 heterocycles. The van der Waals surface area contributed by atoms with Gasteiger partial charge in [0.05, 0.1) is 11.1 Å². The molecule has 31 heavy (non-hydrogen) atoms. The molecule has 0 fully saturated rings. The Morgan fingerprint density at radius 3 is 2.74 bits per heavy atom. The van der Waals surface area contributed by atoms with Crippen molar-refractivity contribution in [2.24, 2.45) is 7.05 Å². The number of pyridine rings is 1. The van der Waals surface area contributed by atoms with Crippen molar-refractivity contribution in [3.63, 3.8) is 0 Å². The summed E-state index contributed by atoms with van der Waals surface area (Å²) in [5.74, 6) is -0.248. The highest BCUT2D eigenvalue weighted by atomic mass is 16.7. The van der Waals surface area contributed by atoms with Crippen molar-refractivity contribution in [1.29, 1.82) is 0 Å². The average Bonchev–Trinajstić information content (AvgIpc) is 3.12. The summed E-state index contributed by atoms with van der Waals surface area (Å²) in [4.78, 5) is 27.4. The Balaban J connectivity index is 1.45. The second-order valence-electron chi connectivity index (χ2n) is 6.80. The fourth-order valence-corrected chi connectivity index (χ4v) is 3.11. The largest absolute Gasteiger partial charge is 0.512 e. The Labute approximate surface area is 177 Å². The number of hydrogen-bond acceptors (Lipinski definition) is 6. The molecule has 9 nitrogen and oxygen atoms in total. The summed E-state index contributed by atoms with van der Waals surface area (Å²) < 4.78 is 6.22. The molecule has 4 rings (SSSR count). The molecule has 0 atom stereocenters. The normalized spacial score (nSPS) is 10.6. The van der Waals surface area contributed by atoms with Crippen LogP contribution >= 0.6 is 0 Å². The van der Waals surface area contributed by atoms with E-state index < -0.39 is 6.16 Å². The predicted molar refractivity (Wildman–Crippen MR) is 115 cm³/mol. The molecule has 2 aromatic carbocycles. The molecule has 1 amide bonds. The van der Waals surface area contributed by atoms with Gasteiger partial charge in [-0.2, -0.15) is 5.10 Å². The molecular formula is C22H19N5O4. The SMILES string of the molecule is Cn1cc2ccc(NC(=O)c3ccccc3NCc3ccc(OC(=O)O)nc3)cc2n1. The number of nitrogens with one attached hydrogen (secondary N) is 2. The lowest BCUT2D eigenvalue weighted by Crippen LogP contribution is -2.14. The first-order valence-corrected chi connectivity index (χ1v) is 9.41. The monoisotopic (exact) mass is 417 g/mol. The molecular weight excluding hydrogens is 398 g/mol. The highest BCUT2D eigenvalue weighted by Crippen LogP contribution is 2.21. The molecule has 3 N–H and O–H groups in total. The van der Waals surface area contributed by atoms with Crippen molar-refractivity contribution in [3.05, 3.63) is 78.1 Å². The zero-order valence-corrected chi connectivity index (χ0v) is 16.6. The summed E-state index contributed by atoms with van der Waals surface area (Å²) in [5.41, 5.74) is 3.40. The van der Waals surface area contributed by atoms with Crippen LogP contribution in [-0.2, 0) is 13.6 Å². The lowest BCUT2D eigenvalue weighted by molar-refractivity contribution is 0.102. The Hall–Kier alpha value is -4.40. The fraction of sp³-hybridized carbons (Fsp3) is 0.0909. The topological polar surface area (TPSA) is 118 Å². The third kappa shape index (κ3) is 4.78. The van der Waals surface area contributed by atoms with Gasteiger partial charge >= 0.3 is 6.16 Å². The van der Waals surface area contributed by atoms with Crippen molar-refractivity contribution in [2.45, 2.75) is 6.54 Å². The molecule has 0 aliphatic rings. The molecule has 0 unspecified atom stereocenters. The molecule has 2 aromatic heterocycles. The summed E-state index contributed by atoms with van der Waals surface area (Å²) in [7, 11) is 1.85. The number of hydrogen-bond donors (Lipinski definition) is 3. The highest BCUT2D eigenvalue weighted by Gasteiger charge is 2.12. The third-order valence-electron chi connectivity index (χ3n) is 4.52. The number of carbonyl (C=O) groups excluding carboxylic acids is 1. The van der Waals surface area contributed by atoms with Crippen molar-refractivity contribution in [3.8, 4) is 5.88 Å². The van der Waals surface area contributed by atoms with E-state index in [4.69, 9.17) is 5.11 Å². The minimum absolute atomic E-state index is 0.000836. The van der Waals surface area contributed by atoms with Gasteiger partial charge in [0.2, 0.25) is 5.88 Å². The van der Waals surface area contributed by atoms with E-state index in [2.05, 4.69) is 25.5 Å². The van der Waals surface area contributed by atoms with Gasteiger partial charge in [0, 0.05) is 48.8 Å². The number of fused-ring (bicyclic) bond motifs is 1. The van der Waals surface area contributed by atoms with Crippen molar-refractivity contribution in [2.75, 3.05) is 10.6 Å². The minimum Gasteiger partial charge on any atom is -0.449 e. The molecule has 9 heteroatoms.